The summed E-state index contributed by atoms with van der Waals surface area (Å²) in [5, 5.41) is 11.1. The molecule has 170 valence electrons. The summed E-state index contributed by atoms with van der Waals surface area (Å²) >= 11 is 0. The number of benzene rings is 2. The van der Waals surface area contributed by atoms with Crippen molar-refractivity contribution in [2.45, 2.75) is 13.3 Å². The zero-order valence-corrected chi connectivity index (χ0v) is 18.3. The van der Waals surface area contributed by atoms with Crippen molar-refractivity contribution in [1.29, 1.82) is 0 Å². The summed E-state index contributed by atoms with van der Waals surface area (Å²) in [7, 11) is -3.70. The molecule has 4 aromatic rings. The molecule has 0 amide bonds. The zero-order valence-electron chi connectivity index (χ0n) is 17.5. The average molecular weight is 468 g/mol. The third-order valence-corrected chi connectivity index (χ3v) is 5.76. The topological polar surface area (TPSA) is 144 Å². The standard InChI is InChI=1S/C22H20N4O6S/c1-2-25-33(29,30)26-15-6-3-5-14(11-15)12-18-20(27)17-8-7-16(13-19(17)32-21(18)28)31-22-23-9-4-10-24-22/h3-11,13,25-27H,2,12H2,1H3. The van der Waals surface area contributed by atoms with E-state index in [1.165, 1.54) is 18.5 Å². The molecule has 0 aliphatic rings. The molecule has 33 heavy (non-hydrogen) atoms. The van der Waals surface area contributed by atoms with Crippen molar-refractivity contribution in [3.05, 3.63) is 82.5 Å². The van der Waals surface area contributed by atoms with Gasteiger partial charge >= 0.3 is 11.6 Å². The van der Waals surface area contributed by atoms with E-state index in [9.17, 15) is 18.3 Å². The van der Waals surface area contributed by atoms with Gasteiger partial charge in [0.2, 0.25) is 0 Å². The third kappa shape index (κ3) is 5.27. The van der Waals surface area contributed by atoms with E-state index in [0.717, 1.165) is 0 Å². The Labute approximate surface area is 189 Å². The van der Waals surface area contributed by atoms with Gasteiger partial charge in [-0.15, -0.1) is 0 Å². The summed E-state index contributed by atoms with van der Waals surface area (Å²) in [5.41, 5.74) is 0.403. The van der Waals surface area contributed by atoms with Crippen LogP contribution in [0.1, 0.15) is 18.1 Å². The number of nitrogens with zero attached hydrogens (tertiary/aromatic N) is 2. The molecule has 0 spiro atoms. The zero-order chi connectivity index (χ0) is 23.4. The number of rotatable bonds is 8. The van der Waals surface area contributed by atoms with Crippen molar-refractivity contribution < 1.29 is 22.7 Å². The molecule has 3 N–H and O–H groups in total. The molecule has 2 aromatic heterocycles. The van der Waals surface area contributed by atoms with Gasteiger partial charge in [-0.1, -0.05) is 19.1 Å². The van der Waals surface area contributed by atoms with E-state index in [0.29, 0.717) is 22.4 Å². The lowest BCUT2D eigenvalue weighted by Gasteiger charge is -2.11. The maximum Gasteiger partial charge on any atom is 0.343 e. The van der Waals surface area contributed by atoms with Gasteiger partial charge in [0.05, 0.1) is 16.6 Å². The van der Waals surface area contributed by atoms with E-state index < -0.39 is 15.8 Å². The van der Waals surface area contributed by atoms with Crippen molar-refractivity contribution in [3.63, 3.8) is 0 Å². The number of aromatic hydroxyl groups is 1. The predicted molar refractivity (Wildman–Crippen MR) is 122 cm³/mol. The fraction of sp³-hybridized carbons (Fsp3) is 0.136. The number of nitrogens with one attached hydrogen (secondary N) is 2. The van der Waals surface area contributed by atoms with Crippen LogP contribution in [-0.2, 0) is 16.6 Å². The molecule has 0 aliphatic carbocycles. The Morgan fingerprint density at radius 2 is 1.88 bits per heavy atom. The Kier molecular flexibility index (Phi) is 6.24. The molecule has 4 rings (SSSR count). The van der Waals surface area contributed by atoms with Gasteiger partial charge in [0.25, 0.3) is 10.2 Å². The summed E-state index contributed by atoms with van der Waals surface area (Å²) in [5.74, 6) is 0.118. The van der Waals surface area contributed by atoms with Gasteiger partial charge in [0, 0.05) is 31.4 Å². The number of aromatic nitrogens is 2. The van der Waals surface area contributed by atoms with Crippen molar-refractivity contribution in [3.8, 4) is 17.5 Å². The number of ether oxygens (including phenoxy) is 1. The van der Waals surface area contributed by atoms with Gasteiger partial charge in [-0.3, -0.25) is 4.72 Å². The lowest BCUT2D eigenvalue weighted by molar-refractivity contribution is 0.438. The SMILES string of the molecule is CCNS(=O)(=O)Nc1cccc(Cc2c(O)c3ccc(Oc4ncccn4)cc3oc2=O)c1. The summed E-state index contributed by atoms with van der Waals surface area (Å²) in [4.78, 5) is 20.5. The highest BCUT2D eigenvalue weighted by atomic mass is 32.2. The van der Waals surface area contributed by atoms with E-state index in [-0.39, 0.29) is 35.9 Å². The molecule has 0 aliphatic heterocycles. The van der Waals surface area contributed by atoms with Crippen LogP contribution in [0.2, 0.25) is 0 Å². The first-order valence-electron chi connectivity index (χ1n) is 9.94. The smallest absolute Gasteiger partial charge is 0.343 e. The lowest BCUT2D eigenvalue weighted by atomic mass is 10.0. The van der Waals surface area contributed by atoms with Crippen molar-refractivity contribution in [1.82, 2.24) is 14.7 Å². The second kappa shape index (κ2) is 9.27. The minimum Gasteiger partial charge on any atom is -0.507 e. The van der Waals surface area contributed by atoms with Crippen molar-refractivity contribution in [2.75, 3.05) is 11.3 Å². The van der Waals surface area contributed by atoms with Gasteiger partial charge in [-0.25, -0.2) is 14.8 Å². The van der Waals surface area contributed by atoms with Gasteiger partial charge < -0.3 is 14.3 Å². The first kappa shape index (κ1) is 22.2. The number of fused-ring (bicyclic) bond motifs is 1. The summed E-state index contributed by atoms with van der Waals surface area (Å²) in [6, 6.07) is 12.9. The lowest BCUT2D eigenvalue weighted by Crippen LogP contribution is -2.29. The molecular formula is C22H20N4O6S. The minimum atomic E-state index is -3.70. The largest absolute Gasteiger partial charge is 0.507 e. The average Bonchev–Trinajstić information content (AvgIpc) is 2.77. The van der Waals surface area contributed by atoms with E-state index in [1.54, 1.807) is 49.4 Å². The van der Waals surface area contributed by atoms with Crippen LogP contribution in [0.3, 0.4) is 0 Å². The third-order valence-electron chi connectivity index (χ3n) is 4.59. The number of anilines is 1. The number of hydrogen-bond donors (Lipinski definition) is 3. The normalized spacial score (nSPS) is 11.4. The van der Waals surface area contributed by atoms with Gasteiger partial charge in [0.15, 0.2) is 0 Å². The summed E-state index contributed by atoms with van der Waals surface area (Å²) < 4.78 is 39.5. The van der Waals surface area contributed by atoms with E-state index in [1.807, 2.05) is 0 Å². The van der Waals surface area contributed by atoms with E-state index >= 15 is 0 Å². The van der Waals surface area contributed by atoms with E-state index in [2.05, 4.69) is 19.4 Å². The van der Waals surface area contributed by atoms with Crippen LogP contribution in [0.5, 0.6) is 17.5 Å². The van der Waals surface area contributed by atoms with Crippen LogP contribution < -0.4 is 19.8 Å². The Bertz CT molecular complexity index is 1460. The molecule has 0 saturated heterocycles. The predicted octanol–water partition coefficient (Wildman–Crippen LogP) is 2.94. The summed E-state index contributed by atoms with van der Waals surface area (Å²) in [6.07, 6.45) is 3.10. The maximum absolute atomic E-state index is 12.6. The van der Waals surface area contributed by atoms with Gasteiger partial charge in [-0.05, 0) is 35.9 Å². The van der Waals surface area contributed by atoms with Crippen LogP contribution in [0.15, 0.2) is 70.1 Å². The highest BCUT2D eigenvalue weighted by Crippen LogP contribution is 2.31. The fourth-order valence-corrected chi connectivity index (χ4v) is 4.09. The van der Waals surface area contributed by atoms with Crippen LogP contribution >= 0.6 is 0 Å². The molecule has 0 saturated carbocycles. The van der Waals surface area contributed by atoms with Crippen molar-refractivity contribution in [2.24, 2.45) is 0 Å². The quantitative estimate of drug-likeness (QED) is 0.335. The highest BCUT2D eigenvalue weighted by Gasteiger charge is 2.16. The van der Waals surface area contributed by atoms with Crippen LogP contribution in [-0.4, -0.2) is 30.0 Å². The monoisotopic (exact) mass is 468 g/mol. The fourth-order valence-electron chi connectivity index (χ4n) is 3.20. The molecule has 0 bridgehead atoms. The molecule has 0 atom stereocenters. The molecule has 10 nitrogen and oxygen atoms in total. The Hall–Kier alpha value is -3.96. The molecular weight excluding hydrogens is 448 g/mol. The van der Waals surface area contributed by atoms with Gasteiger partial charge in [0.1, 0.15) is 17.1 Å². The van der Waals surface area contributed by atoms with E-state index in [4.69, 9.17) is 9.15 Å². The second-order valence-electron chi connectivity index (χ2n) is 6.99. The summed E-state index contributed by atoms with van der Waals surface area (Å²) in [6.45, 7) is 1.91. The first-order chi connectivity index (χ1) is 15.8. The van der Waals surface area contributed by atoms with Crippen LogP contribution in [0.4, 0.5) is 5.69 Å². The molecule has 11 heteroatoms. The molecule has 0 fully saturated rings. The maximum atomic E-state index is 12.6. The highest BCUT2D eigenvalue weighted by molar-refractivity contribution is 7.90. The molecule has 0 radical (unpaired) electrons. The molecule has 0 unspecified atom stereocenters. The molecule has 2 heterocycles. The second-order valence-corrected chi connectivity index (χ2v) is 8.49. The van der Waals surface area contributed by atoms with Crippen LogP contribution in [0.25, 0.3) is 11.0 Å². The van der Waals surface area contributed by atoms with Gasteiger partial charge in [-0.2, -0.15) is 13.1 Å². The minimum absolute atomic E-state index is 0.0387. The Morgan fingerprint density at radius 1 is 1.09 bits per heavy atom. The Balaban J connectivity index is 1.62. The Morgan fingerprint density at radius 3 is 2.64 bits per heavy atom. The van der Waals surface area contributed by atoms with Crippen LogP contribution in [0, 0.1) is 0 Å². The first-order valence-corrected chi connectivity index (χ1v) is 11.4. The van der Waals surface area contributed by atoms with Crippen molar-refractivity contribution >= 4 is 26.9 Å². The molecule has 2 aromatic carbocycles. The number of hydrogen-bond acceptors (Lipinski definition) is 8.